The van der Waals surface area contributed by atoms with Crippen LogP contribution in [0, 0.1) is 5.41 Å². The molecule has 0 bridgehead atoms. The number of nitrogens with one attached hydrogen (secondary N) is 1. The van der Waals surface area contributed by atoms with Gasteiger partial charge in [-0.15, -0.1) is 11.3 Å². The van der Waals surface area contributed by atoms with E-state index < -0.39 is 0 Å². The molecule has 1 amide bonds. The second-order valence-corrected chi connectivity index (χ2v) is 7.05. The van der Waals surface area contributed by atoms with Crippen LogP contribution in [0.3, 0.4) is 0 Å². The number of aromatic nitrogens is 1. The number of amides is 1. The van der Waals surface area contributed by atoms with Gasteiger partial charge in [0.1, 0.15) is 4.88 Å². The van der Waals surface area contributed by atoms with Crippen LogP contribution < -0.4 is 5.32 Å². The number of carbonyl (C=O) groups is 1. The Bertz CT molecular complexity index is 582. The highest BCUT2D eigenvalue weighted by Gasteiger charge is 2.27. The van der Waals surface area contributed by atoms with Gasteiger partial charge in [-0.1, -0.05) is 20.8 Å². The molecule has 1 atom stereocenters. The molecule has 0 spiro atoms. The molecule has 0 fully saturated rings. The summed E-state index contributed by atoms with van der Waals surface area (Å²) in [6.07, 6.45) is 4.40. The van der Waals surface area contributed by atoms with Gasteiger partial charge < -0.3 is 15.0 Å². The third kappa shape index (κ3) is 3.74. The quantitative estimate of drug-likeness (QED) is 0.892. The van der Waals surface area contributed by atoms with Gasteiger partial charge in [0.15, 0.2) is 0 Å². The Morgan fingerprint density at radius 2 is 2.05 bits per heavy atom. The van der Waals surface area contributed by atoms with Gasteiger partial charge in [-0.3, -0.25) is 4.79 Å². The van der Waals surface area contributed by atoms with Crippen molar-refractivity contribution in [1.82, 2.24) is 9.88 Å². The van der Waals surface area contributed by atoms with Crippen molar-refractivity contribution in [3.63, 3.8) is 0 Å². The number of carbonyl (C=O) groups excluding carboxylic acids is 1. The minimum atomic E-state index is -0.0940. The third-order valence-electron chi connectivity index (χ3n) is 3.50. The lowest BCUT2D eigenvalue weighted by Crippen LogP contribution is -2.44. The molecule has 5 heteroatoms. The van der Waals surface area contributed by atoms with Gasteiger partial charge >= 0.3 is 0 Å². The number of aliphatic hydroxyl groups is 1. The summed E-state index contributed by atoms with van der Waals surface area (Å²) in [5.41, 5.74) is 0.794. The Kier molecular flexibility index (Phi) is 4.85. The molecule has 0 aliphatic rings. The molecule has 114 valence electrons. The van der Waals surface area contributed by atoms with Gasteiger partial charge in [-0.2, -0.15) is 0 Å². The Morgan fingerprint density at radius 1 is 1.38 bits per heavy atom. The number of thiophene rings is 1. The first-order chi connectivity index (χ1) is 9.93. The van der Waals surface area contributed by atoms with Gasteiger partial charge in [0.2, 0.25) is 0 Å². The van der Waals surface area contributed by atoms with Crippen molar-refractivity contribution in [3.05, 3.63) is 40.8 Å². The zero-order chi connectivity index (χ0) is 15.5. The minimum absolute atomic E-state index is 0.0605. The Morgan fingerprint density at radius 3 is 2.62 bits per heavy atom. The molecule has 0 saturated carbocycles. The molecule has 2 aromatic heterocycles. The van der Waals surface area contributed by atoms with Crippen LogP contribution >= 0.6 is 11.3 Å². The molecular weight excluding hydrogens is 284 g/mol. The molecule has 0 aromatic carbocycles. The number of hydrogen-bond acceptors (Lipinski definition) is 3. The van der Waals surface area contributed by atoms with Crippen molar-refractivity contribution in [3.8, 4) is 5.69 Å². The standard InChI is InChI=1S/C16H22N2O2S/c1-16(2,3)13(6-10-19)17-15(20)14-12(7-11-21-14)18-8-4-5-9-18/h4-5,7-9,11,13,19H,6,10H2,1-3H3,(H,17,20). The van der Waals surface area contributed by atoms with Crippen LogP contribution in [-0.4, -0.2) is 28.2 Å². The van der Waals surface area contributed by atoms with Crippen molar-refractivity contribution in [2.75, 3.05) is 6.61 Å². The second-order valence-electron chi connectivity index (χ2n) is 6.13. The first-order valence-corrected chi connectivity index (χ1v) is 7.94. The zero-order valence-corrected chi connectivity index (χ0v) is 13.5. The maximum absolute atomic E-state index is 12.6. The predicted molar refractivity (Wildman–Crippen MR) is 86.1 cm³/mol. The molecule has 2 rings (SSSR count). The first kappa shape index (κ1) is 15.8. The summed E-state index contributed by atoms with van der Waals surface area (Å²) in [7, 11) is 0. The van der Waals surface area contributed by atoms with E-state index in [-0.39, 0.29) is 24.0 Å². The molecule has 2 N–H and O–H groups in total. The van der Waals surface area contributed by atoms with Gasteiger partial charge in [0.25, 0.3) is 5.91 Å². The van der Waals surface area contributed by atoms with Crippen LogP contribution in [0.4, 0.5) is 0 Å². The van der Waals surface area contributed by atoms with E-state index in [1.807, 2.05) is 40.5 Å². The summed E-state index contributed by atoms with van der Waals surface area (Å²) in [6, 6.07) is 5.75. The average Bonchev–Trinajstić information content (AvgIpc) is 3.07. The summed E-state index contributed by atoms with van der Waals surface area (Å²) in [5.74, 6) is -0.0814. The molecule has 0 radical (unpaired) electrons. The van der Waals surface area contributed by atoms with Gasteiger partial charge in [0.05, 0.1) is 5.69 Å². The van der Waals surface area contributed by atoms with Gasteiger partial charge in [0, 0.05) is 25.0 Å². The van der Waals surface area contributed by atoms with Crippen LogP contribution in [0.25, 0.3) is 5.69 Å². The van der Waals surface area contributed by atoms with E-state index in [4.69, 9.17) is 0 Å². The summed E-state index contributed by atoms with van der Waals surface area (Å²) >= 11 is 1.43. The van der Waals surface area contributed by atoms with Crippen LogP contribution in [0.5, 0.6) is 0 Å². The number of hydrogen-bond donors (Lipinski definition) is 2. The van der Waals surface area contributed by atoms with E-state index in [9.17, 15) is 9.90 Å². The first-order valence-electron chi connectivity index (χ1n) is 7.06. The lowest BCUT2D eigenvalue weighted by atomic mass is 9.85. The molecule has 4 nitrogen and oxygen atoms in total. The van der Waals surface area contributed by atoms with E-state index in [0.717, 1.165) is 5.69 Å². The number of aliphatic hydroxyl groups excluding tert-OH is 1. The second kappa shape index (κ2) is 6.45. The summed E-state index contributed by atoms with van der Waals surface area (Å²) in [4.78, 5) is 13.3. The monoisotopic (exact) mass is 306 g/mol. The molecule has 1 unspecified atom stereocenters. The fourth-order valence-corrected chi connectivity index (χ4v) is 3.04. The maximum Gasteiger partial charge on any atom is 0.263 e. The lowest BCUT2D eigenvalue weighted by Gasteiger charge is -2.31. The highest BCUT2D eigenvalue weighted by atomic mass is 32.1. The van der Waals surface area contributed by atoms with Gasteiger partial charge in [-0.05, 0) is 35.4 Å². The molecule has 21 heavy (non-hydrogen) atoms. The number of rotatable bonds is 5. The SMILES string of the molecule is CC(C)(C)C(CCO)NC(=O)c1sccc1-n1cccc1. The molecule has 0 aliphatic heterocycles. The molecular formula is C16H22N2O2S. The zero-order valence-electron chi connectivity index (χ0n) is 12.7. The largest absolute Gasteiger partial charge is 0.396 e. The molecule has 0 saturated heterocycles. The van der Waals surface area contributed by atoms with Crippen LogP contribution in [0.1, 0.15) is 36.9 Å². The highest BCUT2D eigenvalue weighted by molar-refractivity contribution is 7.12. The van der Waals surface area contributed by atoms with Crippen LogP contribution in [0.15, 0.2) is 36.0 Å². The number of nitrogens with zero attached hydrogens (tertiary/aromatic N) is 1. The van der Waals surface area contributed by atoms with Crippen molar-refractivity contribution in [2.24, 2.45) is 5.41 Å². The third-order valence-corrected chi connectivity index (χ3v) is 4.40. The normalized spacial score (nSPS) is 13.1. The van der Waals surface area contributed by atoms with Crippen molar-refractivity contribution < 1.29 is 9.90 Å². The Labute approximate surface area is 129 Å². The summed E-state index contributed by atoms with van der Waals surface area (Å²) in [6.45, 7) is 6.26. The topological polar surface area (TPSA) is 54.3 Å². The molecule has 2 heterocycles. The van der Waals surface area contributed by atoms with Crippen molar-refractivity contribution >= 4 is 17.2 Å². The van der Waals surface area contributed by atoms with E-state index >= 15 is 0 Å². The maximum atomic E-state index is 12.6. The van der Waals surface area contributed by atoms with E-state index in [1.165, 1.54) is 11.3 Å². The average molecular weight is 306 g/mol. The minimum Gasteiger partial charge on any atom is -0.396 e. The molecule has 0 aliphatic carbocycles. The fourth-order valence-electron chi connectivity index (χ4n) is 2.25. The predicted octanol–water partition coefficient (Wildman–Crippen LogP) is 3.07. The van der Waals surface area contributed by atoms with E-state index in [0.29, 0.717) is 11.3 Å². The van der Waals surface area contributed by atoms with Crippen LogP contribution in [0.2, 0.25) is 0 Å². The Balaban J connectivity index is 2.19. The summed E-state index contributed by atoms with van der Waals surface area (Å²) in [5, 5.41) is 14.2. The fraction of sp³-hybridized carbons (Fsp3) is 0.438. The smallest absolute Gasteiger partial charge is 0.263 e. The van der Waals surface area contributed by atoms with Crippen molar-refractivity contribution in [1.29, 1.82) is 0 Å². The summed E-state index contributed by atoms with van der Waals surface area (Å²) < 4.78 is 1.93. The van der Waals surface area contributed by atoms with E-state index in [2.05, 4.69) is 26.1 Å². The molecule has 2 aromatic rings. The van der Waals surface area contributed by atoms with Crippen LogP contribution in [-0.2, 0) is 0 Å². The van der Waals surface area contributed by atoms with Gasteiger partial charge in [-0.25, -0.2) is 0 Å². The van der Waals surface area contributed by atoms with E-state index in [1.54, 1.807) is 0 Å². The van der Waals surface area contributed by atoms with Crippen molar-refractivity contribution in [2.45, 2.75) is 33.2 Å². The lowest BCUT2D eigenvalue weighted by molar-refractivity contribution is 0.0889. The Hall–Kier alpha value is -1.59. The highest BCUT2D eigenvalue weighted by Crippen LogP contribution is 2.25.